The molecule has 0 amide bonds. The summed E-state index contributed by atoms with van der Waals surface area (Å²) >= 11 is 5.98. The minimum absolute atomic E-state index is 0.0575. The Kier molecular flexibility index (Phi) is 4.98. The van der Waals surface area contributed by atoms with E-state index in [0.717, 1.165) is 5.56 Å². The monoisotopic (exact) mass is 319 g/mol. The number of hydrogen-bond donors (Lipinski definition) is 1. The van der Waals surface area contributed by atoms with Crippen molar-refractivity contribution in [2.24, 2.45) is 0 Å². The Morgan fingerprint density at radius 2 is 1.95 bits per heavy atom. The quantitative estimate of drug-likeness (QED) is 0.871. The second-order valence-corrected chi connectivity index (χ2v) is 6.14. The molecule has 2 aromatic rings. The molecule has 22 heavy (non-hydrogen) atoms. The third-order valence-corrected chi connectivity index (χ3v) is 2.91. The van der Waals surface area contributed by atoms with Gasteiger partial charge in [-0.25, -0.2) is 14.8 Å². The van der Waals surface area contributed by atoms with Crippen molar-refractivity contribution in [2.45, 2.75) is 32.9 Å². The largest absolute Gasteiger partial charge is 0.455 e. The summed E-state index contributed by atoms with van der Waals surface area (Å²) in [6, 6.07) is 9.82. The van der Waals surface area contributed by atoms with E-state index in [4.69, 9.17) is 16.3 Å². The molecule has 1 N–H and O–H groups in total. The second kappa shape index (κ2) is 6.75. The highest BCUT2D eigenvalue weighted by Gasteiger charge is 2.22. The van der Waals surface area contributed by atoms with Gasteiger partial charge in [0.1, 0.15) is 5.60 Å². The highest BCUT2D eigenvalue weighted by molar-refractivity contribution is 6.33. The first kappa shape index (κ1) is 16.2. The summed E-state index contributed by atoms with van der Waals surface area (Å²) in [6.45, 7) is 5.91. The van der Waals surface area contributed by atoms with E-state index in [9.17, 15) is 4.79 Å². The Morgan fingerprint density at radius 1 is 1.27 bits per heavy atom. The van der Waals surface area contributed by atoms with Crippen LogP contribution in [0.4, 0.5) is 5.95 Å². The molecule has 1 aromatic carbocycles. The van der Waals surface area contributed by atoms with Crippen LogP contribution in [0.3, 0.4) is 0 Å². The van der Waals surface area contributed by atoms with Gasteiger partial charge in [-0.15, -0.1) is 0 Å². The Labute approximate surface area is 134 Å². The normalized spacial score (nSPS) is 11.1. The van der Waals surface area contributed by atoms with Gasteiger partial charge in [0.2, 0.25) is 5.95 Å². The van der Waals surface area contributed by atoms with Gasteiger partial charge in [0.25, 0.3) is 0 Å². The maximum atomic E-state index is 12.1. The van der Waals surface area contributed by atoms with Crippen LogP contribution in [0.15, 0.2) is 36.5 Å². The Bertz CT molecular complexity index is 654. The topological polar surface area (TPSA) is 64.1 Å². The van der Waals surface area contributed by atoms with E-state index in [1.165, 1.54) is 6.20 Å². The first-order valence-corrected chi connectivity index (χ1v) is 7.26. The number of carbonyl (C=O) groups excluding carboxylic acids is 1. The van der Waals surface area contributed by atoms with Crippen LogP contribution in [0.2, 0.25) is 5.02 Å². The van der Waals surface area contributed by atoms with Gasteiger partial charge >= 0.3 is 5.97 Å². The molecule has 0 spiro atoms. The lowest BCUT2D eigenvalue weighted by molar-refractivity contribution is 0.00630. The van der Waals surface area contributed by atoms with Crippen LogP contribution < -0.4 is 5.32 Å². The summed E-state index contributed by atoms with van der Waals surface area (Å²) in [5, 5.41) is 3.22. The van der Waals surface area contributed by atoms with Gasteiger partial charge in [0.05, 0.1) is 11.2 Å². The average molecular weight is 320 g/mol. The van der Waals surface area contributed by atoms with Gasteiger partial charge in [0.15, 0.2) is 5.69 Å². The fraction of sp³-hybridized carbons (Fsp3) is 0.312. The number of nitrogens with one attached hydrogen (secondary N) is 1. The number of rotatable bonds is 4. The summed E-state index contributed by atoms with van der Waals surface area (Å²) in [6.07, 6.45) is 1.39. The molecule has 0 atom stereocenters. The molecule has 0 aliphatic heterocycles. The van der Waals surface area contributed by atoms with Gasteiger partial charge in [-0.3, -0.25) is 0 Å². The van der Waals surface area contributed by atoms with E-state index < -0.39 is 11.6 Å². The van der Waals surface area contributed by atoms with Crippen molar-refractivity contribution in [1.29, 1.82) is 0 Å². The molecule has 5 nitrogen and oxygen atoms in total. The van der Waals surface area contributed by atoms with Gasteiger partial charge < -0.3 is 10.1 Å². The number of benzene rings is 1. The van der Waals surface area contributed by atoms with Crippen LogP contribution in [0.5, 0.6) is 0 Å². The van der Waals surface area contributed by atoms with E-state index in [0.29, 0.717) is 12.5 Å². The predicted molar refractivity (Wildman–Crippen MR) is 86.0 cm³/mol. The summed E-state index contributed by atoms with van der Waals surface area (Å²) in [4.78, 5) is 20.3. The highest BCUT2D eigenvalue weighted by atomic mass is 35.5. The van der Waals surface area contributed by atoms with Crippen molar-refractivity contribution in [3.8, 4) is 0 Å². The predicted octanol–water partition coefficient (Wildman–Crippen LogP) is 3.70. The molecule has 0 saturated carbocycles. The molecule has 0 unspecified atom stereocenters. The number of carbonyl (C=O) groups is 1. The number of halogens is 1. The zero-order valence-electron chi connectivity index (χ0n) is 12.8. The fourth-order valence-corrected chi connectivity index (χ4v) is 1.87. The second-order valence-electron chi connectivity index (χ2n) is 5.73. The highest BCUT2D eigenvalue weighted by Crippen LogP contribution is 2.18. The van der Waals surface area contributed by atoms with Crippen LogP contribution >= 0.6 is 11.6 Å². The lowest BCUT2D eigenvalue weighted by Gasteiger charge is -2.19. The van der Waals surface area contributed by atoms with Crippen LogP contribution in [-0.4, -0.2) is 21.5 Å². The lowest BCUT2D eigenvalue weighted by atomic mass is 10.2. The molecule has 2 rings (SSSR count). The minimum atomic E-state index is -0.608. The zero-order valence-corrected chi connectivity index (χ0v) is 13.5. The molecule has 0 aliphatic rings. The van der Waals surface area contributed by atoms with E-state index >= 15 is 0 Å². The summed E-state index contributed by atoms with van der Waals surface area (Å²) < 4.78 is 5.28. The zero-order chi connectivity index (χ0) is 16.2. The van der Waals surface area contributed by atoms with Crippen molar-refractivity contribution in [1.82, 2.24) is 9.97 Å². The van der Waals surface area contributed by atoms with Crippen LogP contribution in [-0.2, 0) is 11.3 Å². The standard InChI is InChI=1S/C16H18ClN3O2/c1-16(2,3)22-14(21)13-12(17)10-19-15(20-13)18-9-11-7-5-4-6-8-11/h4-8,10H,9H2,1-3H3,(H,18,19,20). The van der Waals surface area contributed by atoms with Gasteiger partial charge in [-0.1, -0.05) is 41.9 Å². The maximum absolute atomic E-state index is 12.1. The van der Waals surface area contributed by atoms with E-state index in [1.807, 2.05) is 30.3 Å². The molecular formula is C16H18ClN3O2. The Hall–Kier alpha value is -2.14. The van der Waals surface area contributed by atoms with Gasteiger partial charge in [-0.2, -0.15) is 0 Å². The molecular weight excluding hydrogens is 302 g/mol. The van der Waals surface area contributed by atoms with Crippen LogP contribution in [0.1, 0.15) is 36.8 Å². The summed E-state index contributed by atoms with van der Waals surface area (Å²) in [5.74, 6) is -0.239. The van der Waals surface area contributed by atoms with Crippen LogP contribution in [0, 0.1) is 0 Å². The smallest absolute Gasteiger partial charge is 0.359 e. The number of nitrogens with zero attached hydrogens (tertiary/aromatic N) is 2. The van der Waals surface area contributed by atoms with Gasteiger partial charge in [0, 0.05) is 6.54 Å². The Balaban J connectivity index is 2.11. The minimum Gasteiger partial charge on any atom is -0.455 e. The fourth-order valence-electron chi connectivity index (χ4n) is 1.70. The Morgan fingerprint density at radius 3 is 2.59 bits per heavy atom. The first-order chi connectivity index (χ1) is 10.3. The lowest BCUT2D eigenvalue weighted by Crippen LogP contribution is -2.25. The summed E-state index contributed by atoms with van der Waals surface area (Å²) in [5.41, 5.74) is 0.533. The molecule has 0 saturated heterocycles. The van der Waals surface area contributed by atoms with E-state index in [1.54, 1.807) is 20.8 Å². The molecule has 1 heterocycles. The van der Waals surface area contributed by atoms with Crippen molar-refractivity contribution in [2.75, 3.05) is 5.32 Å². The third-order valence-electron chi connectivity index (χ3n) is 2.63. The van der Waals surface area contributed by atoms with Crippen molar-refractivity contribution < 1.29 is 9.53 Å². The molecule has 1 aromatic heterocycles. The number of ether oxygens (including phenoxy) is 1. The van der Waals surface area contributed by atoms with Crippen molar-refractivity contribution in [3.63, 3.8) is 0 Å². The molecule has 0 aliphatic carbocycles. The average Bonchev–Trinajstić information content (AvgIpc) is 2.45. The molecule has 0 bridgehead atoms. The van der Waals surface area contributed by atoms with Crippen molar-refractivity contribution >= 4 is 23.5 Å². The molecule has 0 radical (unpaired) electrons. The molecule has 116 valence electrons. The van der Waals surface area contributed by atoms with Crippen LogP contribution in [0.25, 0.3) is 0 Å². The summed E-state index contributed by atoms with van der Waals surface area (Å²) in [7, 11) is 0. The third kappa shape index (κ3) is 4.70. The first-order valence-electron chi connectivity index (χ1n) is 6.89. The van der Waals surface area contributed by atoms with Gasteiger partial charge in [-0.05, 0) is 26.3 Å². The number of hydrogen-bond acceptors (Lipinski definition) is 5. The van der Waals surface area contributed by atoms with E-state index in [-0.39, 0.29) is 10.7 Å². The number of anilines is 1. The van der Waals surface area contributed by atoms with Crippen molar-refractivity contribution in [3.05, 3.63) is 52.8 Å². The van der Waals surface area contributed by atoms with E-state index in [2.05, 4.69) is 15.3 Å². The number of esters is 1. The maximum Gasteiger partial charge on any atom is 0.359 e. The number of aromatic nitrogens is 2. The SMILES string of the molecule is CC(C)(C)OC(=O)c1nc(NCc2ccccc2)ncc1Cl. The molecule has 0 fully saturated rings. The molecule has 6 heteroatoms.